The zero-order valence-electron chi connectivity index (χ0n) is 21.7. The normalized spacial score (nSPS) is 7.47. The van der Waals surface area contributed by atoms with Crippen LogP contribution in [0.15, 0.2) is 0 Å². The van der Waals surface area contributed by atoms with Gasteiger partial charge in [0.05, 0.1) is 13.2 Å². The van der Waals surface area contributed by atoms with E-state index in [1.54, 1.807) is 18.7 Å². The molecule has 1 amide bonds. The van der Waals surface area contributed by atoms with E-state index in [9.17, 15) is 4.79 Å². The Kier molecular flexibility index (Phi) is 23.0. The number of nitrogens with zero attached hydrogens (tertiary/aromatic N) is 1. The van der Waals surface area contributed by atoms with E-state index in [1.165, 1.54) is 0 Å². The second-order valence-corrected chi connectivity index (χ2v) is 5.89. The number of hydrogen-bond acceptors (Lipinski definition) is 2. The second kappa shape index (κ2) is 28.1. The van der Waals surface area contributed by atoms with Crippen LogP contribution in [0, 0.1) is 178 Å². The minimum atomic E-state index is 0.151. The highest BCUT2D eigenvalue weighted by atomic mass is 16.5. The van der Waals surface area contributed by atoms with E-state index in [0.717, 1.165) is 13.1 Å². The van der Waals surface area contributed by atoms with Gasteiger partial charge in [-0.15, -0.1) is 6.42 Å². The summed E-state index contributed by atoms with van der Waals surface area (Å²) in [5.41, 5.74) is 0. The van der Waals surface area contributed by atoms with Crippen molar-refractivity contribution in [2.75, 3.05) is 26.3 Å². The van der Waals surface area contributed by atoms with Gasteiger partial charge in [0.25, 0.3) is 0 Å². The summed E-state index contributed by atoms with van der Waals surface area (Å²) < 4.78 is 5.06. The van der Waals surface area contributed by atoms with E-state index < -0.39 is 0 Å². The quantitative estimate of drug-likeness (QED) is 0.451. The second-order valence-electron chi connectivity index (χ2n) is 5.89. The highest BCUT2D eigenvalue weighted by Crippen LogP contribution is 1.95. The van der Waals surface area contributed by atoms with Crippen LogP contribution < -0.4 is 0 Å². The van der Waals surface area contributed by atoms with Crippen molar-refractivity contribution in [1.82, 2.24) is 4.90 Å². The van der Waals surface area contributed by atoms with Crippen molar-refractivity contribution in [2.45, 2.75) is 13.8 Å². The molecule has 0 atom stereocenters. The van der Waals surface area contributed by atoms with Gasteiger partial charge in [0.1, 0.15) is 0 Å². The van der Waals surface area contributed by atoms with Crippen molar-refractivity contribution in [2.24, 2.45) is 0 Å². The monoisotopic (exact) mass is 505 g/mol. The molecule has 0 aromatic rings. The predicted octanol–water partition coefficient (Wildman–Crippen LogP) is 0.552. The predicted molar refractivity (Wildman–Crippen MR) is 156 cm³/mol. The summed E-state index contributed by atoms with van der Waals surface area (Å²) in [6.07, 6.45) is 4.92. The lowest BCUT2D eigenvalue weighted by Gasteiger charge is -2.25. The summed E-state index contributed by atoms with van der Waals surface area (Å²) in [7, 11) is 0. The van der Waals surface area contributed by atoms with Crippen molar-refractivity contribution >= 4 is 5.91 Å². The van der Waals surface area contributed by atoms with Gasteiger partial charge in [-0.3, -0.25) is 4.79 Å². The number of rotatable bonds is 0. The Hall–Kier alpha value is -7.17. The van der Waals surface area contributed by atoms with Crippen LogP contribution in [0.1, 0.15) is 13.8 Å². The largest absolute Gasteiger partial charge is 0.378 e. The van der Waals surface area contributed by atoms with Crippen LogP contribution in [-0.4, -0.2) is 37.1 Å². The van der Waals surface area contributed by atoms with Crippen LogP contribution in [0.5, 0.6) is 0 Å². The molecule has 0 aromatic heterocycles. The summed E-state index contributed by atoms with van der Waals surface area (Å²) in [5.74, 6) is 72.0. The number of ether oxygens (including phenoxy) is 1. The lowest BCUT2D eigenvalue weighted by Crippen LogP contribution is -2.39. The highest BCUT2D eigenvalue weighted by molar-refractivity contribution is 5.73. The highest BCUT2D eigenvalue weighted by Gasteiger charge is 2.11. The maximum atomic E-state index is 10.7. The first-order valence-corrected chi connectivity index (χ1v) is 10.9. The Morgan fingerprint density at radius 2 is 0.750 bits per heavy atom. The number of terminal acetylenes is 1. The van der Waals surface area contributed by atoms with Crippen molar-refractivity contribution in [3.05, 3.63) is 0 Å². The van der Waals surface area contributed by atoms with Gasteiger partial charge in [0, 0.05) is 91.1 Å². The maximum Gasteiger partial charge on any atom is 0.219 e. The van der Waals surface area contributed by atoms with Crippen LogP contribution >= 0.6 is 0 Å². The van der Waals surface area contributed by atoms with E-state index in [0.29, 0.717) is 13.2 Å². The Balaban J connectivity index is 0.00000141. The van der Waals surface area contributed by atoms with Crippen LogP contribution in [0.2, 0.25) is 0 Å². The lowest BCUT2D eigenvalue weighted by atomic mass is 10.4. The lowest BCUT2D eigenvalue weighted by molar-refractivity contribution is -0.132. The maximum absolute atomic E-state index is 10.7. The Bertz CT molecular complexity index is 1900. The first-order chi connectivity index (χ1) is 19.7. The van der Waals surface area contributed by atoms with Crippen LogP contribution in [0.4, 0.5) is 0 Å². The standard InChI is InChI=1S/C31H4.C6H11NO2/c1-3-5-7-9-11-13-15-17-19-21-23-25-27-29-31-30-28-26-24-22-20-18-16-14-12-10-8-6-4-2;1-6(8)7-2-4-9-5-3-7/h1H,2H3;2-5H2,1H3. The van der Waals surface area contributed by atoms with Crippen LogP contribution in [-0.2, 0) is 9.53 Å². The molecule has 0 radical (unpaired) electrons. The minimum Gasteiger partial charge on any atom is -0.378 e. The fraction of sp³-hybridized carbons (Fsp3) is 0.162. The molecular weight excluding hydrogens is 490 g/mol. The number of hydrogen-bond donors (Lipinski definition) is 0. The summed E-state index contributed by atoms with van der Waals surface area (Å²) in [5, 5.41) is 0. The summed E-state index contributed by atoms with van der Waals surface area (Å²) in [6.45, 7) is 6.19. The molecular formula is C37H15NO2. The van der Waals surface area contributed by atoms with E-state index in [2.05, 4.69) is 172 Å². The van der Waals surface area contributed by atoms with Crippen molar-refractivity contribution in [3.63, 3.8) is 0 Å². The molecule has 1 saturated heterocycles. The first-order valence-electron chi connectivity index (χ1n) is 10.9. The third kappa shape index (κ3) is 25.5. The van der Waals surface area contributed by atoms with Gasteiger partial charge in [-0.25, -0.2) is 0 Å². The van der Waals surface area contributed by atoms with E-state index >= 15 is 0 Å². The molecule has 0 spiro atoms. The van der Waals surface area contributed by atoms with Gasteiger partial charge >= 0.3 is 0 Å². The third-order valence-electron chi connectivity index (χ3n) is 3.28. The third-order valence-corrected chi connectivity index (χ3v) is 3.28. The van der Waals surface area contributed by atoms with Gasteiger partial charge < -0.3 is 9.64 Å². The first kappa shape index (κ1) is 32.8. The average molecular weight is 506 g/mol. The summed E-state index contributed by atoms with van der Waals surface area (Å²) in [6, 6.07) is 0. The molecule has 0 N–H and O–H groups in total. The molecule has 40 heavy (non-hydrogen) atoms. The Morgan fingerprint density at radius 1 is 0.500 bits per heavy atom. The molecule has 0 unspecified atom stereocenters. The zero-order chi connectivity index (χ0) is 29.2. The molecule has 0 bridgehead atoms. The fourth-order valence-corrected chi connectivity index (χ4v) is 1.76. The molecule has 1 fully saturated rings. The minimum absolute atomic E-state index is 0.151. The molecule has 3 nitrogen and oxygen atoms in total. The van der Waals surface area contributed by atoms with Crippen LogP contribution in [0.25, 0.3) is 0 Å². The summed E-state index contributed by atoms with van der Waals surface area (Å²) in [4.78, 5) is 12.5. The average Bonchev–Trinajstić information content (AvgIpc) is 2.97. The molecule has 180 valence electrons. The number of morpholine rings is 1. The zero-order valence-corrected chi connectivity index (χ0v) is 21.7. The van der Waals surface area contributed by atoms with Gasteiger partial charge in [0.2, 0.25) is 5.91 Å². The van der Waals surface area contributed by atoms with E-state index in [1.807, 2.05) is 0 Å². The van der Waals surface area contributed by atoms with Gasteiger partial charge in [-0.05, 0) is 102 Å². The van der Waals surface area contributed by atoms with Crippen LogP contribution in [0.3, 0.4) is 0 Å². The Morgan fingerprint density at radius 3 is 0.950 bits per heavy atom. The summed E-state index contributed by atoms with van der Waals surface area (Å²) >= 11 is 0. The smallest absolute Gasteiger partial charge is 0.219 e. The van der Waals surface area contributed by atoms with Gasteiger partial charge in [0.15, 0.2) is 0 Å². The topological polar surface area (TPSA) is 29.5 Å². The SMILES string of the molecule is C#CC#CC#CC#CC#CC#CC#CC#CC#CC#CC#CC#CC#CC#CC#CC.CC(=O)N1CCOCC1. The Labute approximate surface area is 238 Å². The van der Waals surface area contributed by atoms with E-state index in [-0.39, 0.29) is 5.91 Å². The van der Waals surface area contributed by atoms with E-state index in [4.69, 9.17) is 11.2 Å². The molecule has 1 rings (SSSR count). The van der Waals surface area contributed by atoms with Crippen molar-refractivity contribution < 1.29 is 9.53 Å². The molecule has 1 heterocycles. The van der Waals surface area contributed by atoms with Gasteiger partial charge in [-0.1, -0.05) is 5.92 Å². The number of amides is 1. The molecule has 0 aliphatic carbocycles. The number of carbonyl (C=O) groups is 1. The van der Waals surface area contributed by atoms with Crippen molar-refractivity contribution in [1.29, 1.82) is 0 Å². The molecule has 1 aliphatic heterocycles. The van der Waals surface area contributed by atoms with Gasteiger partial charge in [-0.2, -0.15) is 0 Å². The number of carbonyl (C=O) groups excluding carboxylic acids is 1. The van der Waals surface area contributed by atoms with Crippen molar-refractivity contribution in [3.8, 4) is 178 Å². The molecule has 3 heteroatoms. The fourth-order valence-electron chi connectivity index (χ4n) is 1.76. The molecule has 0 saturated carbocycles. The molecule has 0 aromatic carbocycles. The molecule has 1 aliphatic rings.